The molecule has 1 aromatic carbocycles. The van der Waals surface area contributed by atoms with Gasteiger partial charge in [0, 0.05) is 25.5 Å². The van der Waals surface area contributed by atoms with Gasteiger partial charge in [-0.15, -0.1) is 13.2 Å². The predicted octanol–water partition coefficient (Wildman–Crippen LogP) is 2.80. The second kappa shape index (κ2) is 7.24. The van der Waals surface area contributed by atoms with E-state index in [-0.39, 0.29) is 5.75 Å². The first-order valence-electron chi connectivity index (χ1n) is 6.57. The number of aliphatic hydroxyl groups is 1. The molecule has 2 N–H and O–H groups in total. The normalized spacial score (nSPS) is 12.9. The number of rotatable bonds is 6. The average molecular weight is 312 g/mol. The summed E-state index contributed by atoms with van der Waals surface area (Å²) >= 11 is 0. The van der Waals surface area contributed by atoms with E-state index in [1.165, 1.54) is 24.3 Å². The van der Waals surface area contributed by atoms with Crippen molar-refractivity contribution in [3.05, 3.63) is 59.9 Å². The summed E-state index contributed by atoms with van der Waals surface area (Å²) in [6.07, 6.45) is -2.17. The maximum atomic E-state index is 12.0. The van der Waals surface area contributed by atoms with Crippen LogP contribution in [0.5, 0.6) is 5.75 Å². The minimum absolute atomic E-state index is 0.256. The molecule has 0 fully saturated rings. The first-order valence-corrected chi connectivity index (χ1v) is 6.57. The lowest BCUT2D eigenvalue weighted by Gasteiger charge is -2.12. The smallest absolute Gasteiger partial charge is 0.406 e. The maximum absolute atomic E-state index is 12.0. The van der Waals surface area contributed by atoms with Crippen LogP contribution >= 0.6 is 0 Å². The lowest BCUT2D eigenvalue weighted by Crippen LogP contribution is -2.21. The summed E-state index contributed by atoms with van der Waals surface area (Å²) < 4.78 is 39.9. The zero-order valence-electron chi connectivity index (χ0n) is 11.5. The van der Waals surface area contributed by atoms with Crippen molar-refractivity contribution in [3.63, 3.8) is 0 Å². The largest absolute Gasteiger partial charge is 0.573 e. The second-order valence-electron chi connectivity index (χ2n) is 4.62. The highest BCUT2D eigenvalue weighted by atomic mass is 19.4. The number of alkyl halides is 3. The number of pyridine rings is 1. The van der Waals surface area contributed by atoms with Crippen LogP contribution in [0, 0.1) is 0 Å². The Balaban J connectivity index is 1.80. The van der Waals surface area contributed by atoms with Gasteiger partial charge in [0.25, 0.3) is 0 Å². The quantitative estimate of drug-likeness (QED) is 0.861. The summed E-state index contributed by atoms with van der Waals surface area (Å²) in [4.78, 5) is 3.87. The van der Waals surface area contributed by atoms with E-state index in [0.717, 1.165) is 11.1 Å². The average Bonchev–Trinajstić information content (AvgIpc) is 2.48. The summed E-state index contributed by atoms with van der Waals surface area (Å²) in [7, 11) is 0. The van der Waals surface area contributed by atoms with Gasteiger partial charge < -0.3 is 15.2 Å². The van der Waals surface area contributed by atoms with Crippen LogP contribution in [0.1, 0.15) is 17.2 Å². The van der Waals surface area contributed by atoms with Crippen molar-refractivity contribution < 1.29 is 23.0 Å². The van der Waals surface area contributed by atoms with Crippen LogP contribution in [0.2, 0.25) is 0 Å². The molecular weight excluding hydrogens is 297 g/mol. The second-order valence-corrected chi connectivity index (χ2v) is 4.62. The minimum Gasteiger partial charge on any atom is -0.406 e. The van der Waals surface area contributed by atoms with Crippen molar-refractivity contribution in [1.82, 2.24) is 10.3 Å². The third kappa shape index (κ3) is 5.34. The highest BCUT2D eigenvalue weighted by molar-refractivity contribution is 5.27. The van der Waals surface area contributed by atoms with Gasteiger partial charge in [-0.3, -0.25) is 4.98 Å². The highest BCUT2D eigenvalue weighted by Crippen LogP contribution is 2.22. The zero-order valence-corrected chi connectivity index (χ0v) is 11.5. The fourth-order valence-electron chi connectivity index (χ4n) is 1.87. The minimum atomic E-state index is -4.69. The van der Waals surface area contributed by atoms with E-state index in [2.05, 4.69) is 15.0 Å². The standard InChI is InChI=1S/C15H15F3N2O2/c16-15(17,18)22-13-3-1-11(2-4-13)9-20-10-14(21)12-5-7-19-8-6-12/h1-8,14,20-21H,9-10H2. The molecule has 0 amide bonds. The highest BCUT2D eigenvalue weighted by Gasteiger charge is 2.30. The molecule has 2 rings (SSSR count). The van der Waals surface area contributed by atoms with E-state index in [4.69, 9.17) is 0 Å². The summed E-state index contributed by atoms with van der Waals surface area (Å²) in [5.41, 5.74) is 1.54. The number of hydrogen-bond donors (Lipinski definition) is 2. The zero-order chi connectivity index (χ0) is 16.0. The predicted molar refractivity (Wildman–Crippen MR) is 74.0 cm³/mol. The van der Waals surface area contributed by atoms with Gasteiger partial charge in [0.2, 0.25) is 0 Å². The van der Waals surface area contributed by atoms with E-state index in [9.17, 15) is 18.3 Å². The fraction of sp³-hybridized carbons (Fsp3) is 0.267. The summed E-state index contributed by atoms with van der Waals surface area (Å²) in [6.45, 7) is 0.749. The molecule has 22 heavy (non-hydrogen) atoms. The van der Waals surface area contributed by atoms with Gasteiger partial charge >= 0.3 is 6.36 Å². The van der Waals surface area contributed by atoms with Crippen molar-refractivity contribution >= 4 is 0 Å². The lowest BCUT2D eigenvalue weighted by molar-refractivity contribution is -0.274. The van der Waals surface area contributed by atoms with Gasteiger partial charge in [-0.2, -0.15) is 0 Å². The molecule has 4 nitrogen and oxygen atoms in total. The number of nitrogens with one attached hydrogen (secondary N) is 1. The molecule has 118 valence electrons. The van der Waals surface area contributed by atoms with Crippen LogP contribution in [0.4, 0.5) is 13.2 Å². The Morgan fingerprint density at radius 1 is 1.09 bits per heavy atom. The van der Waals surface area contributed by atoms with Crippen molar-refractivity contribution in [2.45, 2.75) is 19.0 Å². The Kier molecular flexibility index (Phi) is 5.35. The van der Waals surface area contributed by atoms with E-state index >= 15 is 0 Å². The van der Waals surface area contributed by atoms with Crippen LogP contribution in [-0.4, -0.2) is 23.0 Å². The molecule has 0 bridgehead atoms. The Labute approximate surface area is 125 Å². The van der Waals surface area contributed by atoms with E-state index in [1.54, 1.807) is 24.5 Å². The molecule has 0 spiro atoms. The summed E-state index contributed by atoms with van der Waals surface area (Å²) in [5.74, 6) is -0.256. The van der Waals surface area contributed by atoms with Gasteiger partial charge in [0.1, 0.15) is 5.75 Å². The Morgan fingerprint density at radius 3 is 2.32 bits per heavy atom. The van der Waals surface area contributed by atoms with E-state index < -0.39 is 12.5 Å². The molecular formula is C15H15F3N2O2. The van der Waals surface area contributed by atoms with Gasteiger partial charge in [-0.25, -0.2) is 0 Å². The molecule has 0 aliphatic carbocycles. The molecule has 1 atom stereocenters. The number of benzene rings is 1. The van der Waals surface area contributed by atoms with Gasteiger partial charge in [0.05, 0.1) is 6.10 Å². The van der Waals surface area contributed by atoms with Crippen LogP contribution in [0.3, 0.4) is 0 Å². The number of aromatic nitrogens is 1. The molecule has 0 saturated heterocycles. The molecule has 7 heteroatoms. The van der Waals surface area contributed by atoms with Crippen LogP contribution in [0.15, 0.2) is 48.8 Å². The Morgan fingerprint density at radius 2 is 1.73 bits per heavy atom. The van der Waals surface area contributed by atoms with Crippen LogP contribution in [-0.2, 0) is 6.54 Å². The molecule has 0 aliphatic heterocycles. The van der Waals surface area contributed by atoms with Crippen molar-refractivity contribution in [2.75, 3.05) is 6.54 Å². The van der Waals surface area contributed by atoms with Crippen molar-refractivity contribution in [2.24, 2.45) is 0 Å². The number of halogens is 3. The molecule has 0 saturated carbocycles. The van der Waals surface area contributed by atoms with Crippen LogP contribution in [0.25, 0.3) is 0 Å². The van der Waals surface area contributed by atoms with Crippen molar-refractivity contribution in [3.8, 4) is 5.75 Å². The Bertz CT molecular complexity index is 574. The number of aliphatic hydroxyl groups excluding tert-OH is 1. The van der Waals surface area contributed by atoms with Crippen LogP contribution < -0.4 is 10.1 Å². The third-order valence-corrected chi connectivity index (χ3v) is 2.91. The molecule has 1 heterocycles. The Hall–Kier alpha value is -2.12. The van der Waals surface area contributed by atoms with E-state index in [0.29, 0.717) is 13.1 Å². The fourth-order valence-corrected chi connectivity index (χ4v) is 1.87. The van der Waals surface area contributed by atoms with Gasteiger partial charge in [0.15, 0.2) is 0 Å². The molecule has 2 aromatic rings. The SMILES string of the molecule is OC(CNCc1ccc(OC(F)(F)F)cc1)c1ccncc1. The van der Waals surface area contributed by atoms with Crippen molar-refractivity contribution in [1.29, 1.82) is 0 Å². The molecule has 1 unspecified atom stereocenters. The summed E-state index contributed by atoms with van der Waals surface area (Å²) in [5, 5.41) is 13.0. The first-order chi connectivity index (χ1) is 10.4. The third-order valence-electron chi connectivity index (χ3n) is 2.91. The number of hydrogen-bond acceptors (Lipinski definition) is 4. The molecule has 0 radical (unpaired) electrons. The number of nitrogens with zero attached hydrogens (tertiary/aromatic N) is 1. The number of ether oxygens (including phenoxy) is 1. The molecule has 1 aromatic heterocycles. The lowest BCUT2D eigenvalue weighted by atomic mass is 10.1. The van der Waals surface area contributed by atoms with Gasteiger partial charge in [-0.1, -0.05) is 12.1 Å². The van der Waals surface area contributed by atoms with E-state index in [1.807, 2.05) is 0 Å². The first kappa shape index (κ1) is 16.3. The monoisotopic (exact) mass is 312 g/mol. The maximum Gasteiger partial charge on any atom is 0.573 e. The molecule has 0 aliphatic rings. The topological polar surface area (TPSA) is 54.4 Å². The summed E-state index contributed by atoms with van der Waals surface area (Å²) in [6, 6.07) is 9.01. The van der Waals surface area contributed by atoms with Gasteiger partial charge in [-0.05, 0) is 35.4 Å².